The number of rotatable bonds is 6. The zero-order chi connectivity index (χ0) is 14.5. The molecule has 106 valence electrons. The molecule has 0 bridgehead atoms. The highest BCUT2D eigenvalue weighted by Crippen LogP contribution is 2.19. The number of aromatic nitrogens is 3. The number of hydrogen-bond acceptors (Lipinski definition) is 4. The molecule has 7 heteroatoms. The lowest BCUT2D eigenvalue weighted by atomic mass is 10.1. The quantitative estimate of drug-likeness (QED) is 0.769. The van der Waals surface area contributed by atoms with Crippen molar-refractivity contribution in [2.45, 2.75) is 30.3 Å². The fourth-order valence-electron chi connectivity index (χ4n) is 1.69. The van der Waals surface area contributed by atoms with Crippen molar-refractivity contribution in [1.29, 1.82) is 0 Å². The minimum atomic E-state index is -0.431. The largest absolute Gasteiger partial charge is 0.369 e. The van der Waals surface area contributed by atoms with Crippen LogP contribution in [0, 0.1) is 0 Å². The molecular weight excluding hydrogens is 276 g/mol. The lowest BCUT2D eigenvalue weighted by molar-refractivity contribution is -0.117. The molecule has 1 amide bonds. The molecule has 1 heterocycles. The van der Waals surface area contributed by atoms with Gasteiger partial charge >= 0.3 is 5.69 Å². The zero-order valence-electron chi connectivity index (χ0n) is 11.1. The maximum Gasteiger partial charge on any atom is 0.343 e. The van der Waals surface area contributed by atoms with Crippen LogP contribution in [0.25, 0.3) is 0 Å². The summed E-state index contributed by atoms with van der Waals surface area (Å²) in [6.45, 7) is 2.20. The molecule has 0 aliphatic carbocycles. The molecule has 0 aliphatic rings. The second-order valence-electron chi connectivity index (χ2n) is 4.36. The van der Waals surface area contributed by atoms with Gasteiger partial charge in [0.15, 0.2) is 5.16 Å². The van der Waals surface area contributed by atoms with E-state index < -0.39 is 11.2 Å². The first kappa shape index (κ1) is 14.4. The minimum absolute atomic E-state index is 0.278. The molecule has 0 spiro atoms. The number of nitrogens with zero attached hydrogens (tertiary/aromatic N) is 2. The number of carbonyl (C=O) groups excluding carboxylic acids is 1. The Bertz CT molecular complexity index is 635. The molecule has 3 N–H and O–H groups in total. The van der Waals surface area contributed by atoms with Gasteiger partial charge in [0, 0.05) is 6.54 Å². The van der Waals surface area contributed by atoms with E-state index >= 15 is 0 Å². The SMILES string of the molecule is CC(Sc1n[nH]c(=O)n1CCc1ccccc1)C(N)=O. The monoisotopic (exact) mass is 292 g/mol. The maximum atomic E-state index is 11.7. The van der Waals surface area contributed by atoms with Crippen LogP contribution in [-0.2, 0) is 17.8 Å². The van der Waals surface area contributed by atoms with Crippen LogP contribution >= 0.6 is 11.8 Å². The van der Waals surface area contributed by atoms with Crippen LogP contribution in [0.2, 0.25) is 0 Å². The van der Waals surface area contributed by atoms with Crippen molar-refractivity contribution in [2.75, 3.05) is 0 Å². The Morgan fingerprint density at radius 1 is 1.45 bits per heavy atom. The molecule has 2 aromatic rings. The third-order valence-corrected chi connectivity index (χ3v) is 3.98. The third kappa shape index (κ3) is 3.51. The molecule has 1 atom stereocenters. The number of aryl methyl sites for hydroxylation is 1. The predicted molar refractivity (Wildman–Crippen MR) is 77.5 cm³/mol. The Balaban J connectivity index is 2.09. The molecule has 0 saturated heterocycles. The standard InChI is InChI=1S/C13H16N4O2S/c1-9(11(14)18)20-13-16-15-12(19)17(13)8-7-10-5-3-2-4-6-10/h2-6,9H,7-8H2,1H3,(H2,14,18)(H,15,19). The van der Waals surface area contributed by atoms with Crippen molar-refractivity contribution in [3.8, 4) is 0 Å². The number of primary amides is 1. The van der Waals surface area contributed by atoms with Gasteiger partial charge in [0.05, 0.1) is 5.25 Å². The highest BCUT2D eigenvalue weighted by atomic mass is 32.2. The van der Waals surface area contributed by atoms with Crippen LogP contribution in [0.1, 0.15) is 12.5 Å². The van der Waals surface area contributed by atoms with Gasteiger partial charge in [0.1, 0.15) is 0 Å². The molecule has 2 rings (SSSR count). The average Bonchev–Trinajstić information content (AvgIpc) is 2.78. The number of aromatic amines is 1. The summed E-state index contributed by atoms with van der Waals surface area (Å²) in [6.07, 6.45) is 0.721. The fraction of sp³-hybridized carbons (Fsp3) is 0.308. The lowest BCUT2D eigenvalue weighted by Gasteiger charge is -2.08. The van der Waals surface area contributed by atoms with Crippen LogP contribution in [0.15, 0.2) is 40.3 Å². The number of amides is 1. The van der Waals surface area contributed by atoms with Crippen molar-refractivity contribution in [2.24, 2.45) is 5.73 Å². The Labute approximate surface area is 120 Å². The summed E-state index contributed by atoms with van der Waals surface area (Å²) in [5.41, 5.74) is 6.08. The van der Waals surface area contributed by atoms with Gasteiger partial charge < -0.3 is 5.73 Å². The third-order valence-electron chi connectivity index (χ3n) is 2.87. The van der Waals surface area contributed by atoms with Crippen molar-refractivity contribution in [1.82, 2.24) is 14.8 Å². The first-order valence-electron chi connectivity index (χ1n) is 6.23. The van der Waals surface area contributed by atoms with E-state index in [0.717, 1.165) is 12.0 Å². The molecule has 20 heavy (non-hydrogen) atoms. The van der Waals surface area contributed by atoms with E-state index in [1.807, 2.05) is 30.3 Å². The van der Waals surface area contributed by atoms with E-state index in [4.69, 9.17) is 5.73 Å². The van der Waals surface area contributed by atoms with Crippen LogP contribution in [-0.4, -0.2) is 25.9 Å². The van der Waals surface area contributed by atoms with Gasteiger partial charge in [-0.25, -0.2) is 9.89 Å². The van der Waals surface area contributed by atoms with Gasteiger partial charge in [-0.1, -0.05) is 42.1 Å². The molecule has 0 saturated carbocycles. The molecule has 1 aromatic heterocycles. The van der Waals surface area contributed by atoms with Gasteiger partial charge in [0.25, 0.3) is 0 Å². The number of nitrogens with one attached hydrogen (secondary N) is 1. The van der Waals surface area contributed by atoms with Crippen molar-refractivity contribution < 1.29 is 4.79 Å². The van der Waals surface area contributed by atoms with Crippen molar-refractivity contribution in [3.05, 3.63) is 46.4 Å². The van der Waals surface area contributed by atoms with Crippen LogP contribution < -0.4 is 11.4 Å². The second kappa shape index (κ2) is 6.42. The summed E-state index contributed by atoms with van der Waals surface area (Å²) in [5, 5.41) is 6.39. The van der Waals surface area contributed by atoms with Crippen LogP contribution in [0.4, 0.5) is 0 Å². The number of carbonyl (C=O) groups is 1. The molecule has 6 nitrogen and oxygen atoms in total. The fourth-order valence-corrected chi connectivity index (χ4v) is 2.52. The summed E-state index contributed by atoms with van der Waals surface area (Å²) in [5.74, 6) is -0.431. The molecule has 0 aliphatic heterocycles. The van der Waals surface area contributed by atoms with Crippen LogP contribution in [0.5, 0.6) is 0 Å². The summed E-state index contributed by atoms with van der Waals surface area (Å²) < 4.78 is 1.52. The van der Waals surface area contributed by atoms with E-state index in [1.165, 1.54) is 16.3 Å². The van der Waals surface area contributed by atoms with Crippen molar-refractivity contribution in [3.63, 3.8) is 0 Å². The molecule has 1 aromatic carbocycles. The van der Waals surface area contributed by atoms with Crippen molar-refractivity contribution >= 4 is 17.7 Å². The van der Waals surface area contributed by atoms with Gasteiger partial charge in [-0.05, 0) is 18.9 Å². The molecule has 1 unspecified atom stereocenters. The van der Waals surface area contributed by atoms with E-state index in [0.29, 0.717) is 11.7 Å². The summed E-state index contributed by atoms with van der Waals surface area (Å²) in [7, 11) is 0. The number of H-pyrrole nitrogens is 1. The highest BCUT2D eigenvalue weighted by molar-refractivity contribution is 8.00. The van der Waals surface area contributed by atoms with E-state index in [-0.39, 0.29) is 5.69 Å². The van der Waals surface area contributed by atoms with Gasteiger partial charge in [0.2, 0.25) is 5.91 Å². The summed E-state index contributed by atoms with van der Waals surface area (Å²) >= 11 is 1.18. The zero-order valence-corrected chi connectivity index (χ0v) is 11.9. The normalized spacial score (nSPS) is 12.2. The maximum absolute atomic E-state index is 11.7. The van der Waals surface area contributed by atoms with Gasteiger partial charge in [-0.2, -0.15) is 0 Å². The Hall–Kier alpha value is -2.02. The summed E-state index contributed by atoms with van der Waals surface area (Å²) in [4.78, 5) is 22.8. The van der Waals surface area contributed by atoms with Crippen LogP contribution in [0.3, 0.4) is 0 Å². The van der Waals surface area contributed by atoms with E-state index in [9.17, 15) is 9.59 Å². The first-order chi connectivity index (χ1) is 9.58. The lowest BCUT2D eigenvalue weighted by Crippen LogP contribution is -2.24. The Morgan fingerprint density at radius 3 is 2.80 bits per heavy atom. The number of nitrogens with two attached hydrogens (primary N) is 1. The number of hydrogen-bond donors (Lipinski definition) is 2. The smallest absolute Gasteiger partial charge is 0.343 e. The van der Waals surface area contributed by atoms with Gasteiger partial charge in [-0.3, -0.25) is 9.36 Å². The predicted octanol–water partition coefficient (Wildman–Crippen LogP) is 0.780. The van der Waals surface area contributed by atoms with Gasteiger partial charge in [-0.15, -0.1) is 5.10 Å². The Kier molecular flexibility index (Phi) is 4.62. The number of benzene rings is 1. The number of thioether (sulfide) groups is 1. The Morgan fingerprint density at radius 2 is 2.15 bits per heavy atom. The topological polar surface area (TPSA) is 93.8 Å². The molecule has 0 fully saturated rings. The van der Waals surface area contributed by atoms with E-state index in [1.54, 1.807) is 6.92 Å². The molecule has 0 radical (unpaired) electrons. The first-order valence-corrected chi connectivity index (χ1v) is 7.11. The minimum Gasteiger partial charge on any atom is -0.369 e. The second-order valence-corrected chi connectivity index (χ2v) is 5.67. The highest BCUT2D eigenvalue weighted by Gasteiger charge is 2.16. The van der Waals surface area contributed by atoms with E-state index in [2.05, 4.69) is 10.2 Å². The molecular formula is C13H16N4O2S. The summed E-state index contributed by atoms with van der Waals surface area (Å²) in [6, 6.07) is 9.87. The average molecular weight is 292 g/mol.